The van der Waals surface area contributed by atoms with Gasteiger partial charge < -0.3 is 10.1 Å². The molecule has 2 aromatic rings. The molecule has 0 saturated carbocycles. The molecular weight excluding hydrogens is 411 g/mol. The number of nitrogens with zero attached hydrogens (tertiary/aromatic N) is 1. The van der Waals surface area contributed by atoms with Crippen LogP contribution in [0.4, 0.5) is 5.69 Å². The molecule has 2 aromatic carbocycles. The molecule has 0 heterocycles. The van der Waals surface area contributed by atoms with Gasteiger partial charge in [-0.05, 0) is 37.3 Å². The first-order valence-corrected chi connectivity index (χ1v) is 10.3. The Hall–Kier alpha value is -1.80. The van der Waals surface area contributed by atoms with Crippen LogP contribution in [-0.4, -0.2) is 40.6 Å². The van der Waals surface area contributed by atoms with Gasteiger partial charge in [-0.2, -0.15) is 0 Å². The number of amides is 1. The molecular formula is C18H20Cl2N2O4S. The van der Waals surface area contributed by atoms with E-state index in [2.05, 4.69) is 5.32 Å². The van der Waals surface area contributed by atoms with Crippen molar-refractivity contribution in [1.29, 1.82) is 0 Å². The SMILES string of the molecule is COC[C@H](C)NC(=O)CN(c1cc(Cl)cc(Cl)c1)S(=O)(=O)c1ccccc1. The van der Waals surface area contributed by atoms with Crippen LogP contribution < -0.4 is 9.62 Å². The number of sulfonamides is 1. The Morgan fingerprint density at radius 2 is 1.74 bits per heavy atom. The van der Waals surface area contributed by atoms with Crippen LogP contribution in [0.1, 0.15) is 6.92 Å². The van der Waals surface area contributed by atoms with Gasteiger partial charge in [0.25, 0.3) is 10.0 Å². The Bertz CT molecular complexity index is 871. The monoisotopic (exact) mass is 430 g/mol. The first kappa shape index (κ1) is 21.5. The molecule has 27 heavy (non-hydrogen) atoms. The minimum absolute atomic E-state index is 0.0545. The highest BCUT2D eigenvalue weighted by molar-refractivity contribution is 7.92. The molecule has 0 spiro atoms. The van der Waals surface area contributed by atoms with Gasteiger partial charge in [0.1, 0.15) is 6.54 Å². The number of ether oxygens (including phenoxy) is 1. The van der Waals surface area contributed by atoms with Crippen molar-refractivity contribution in [3.05, 3.63) is 58.6 Å². The third-order valence-electron chi connectivity index (χ3n) is 3.58. The van der Waals surface area contributed by atoms with E-state index in [-0.39, 0.29) is 26.7 Å². The Morgan fingerprint density at radius 3 is 2.30 bits per heavy atom. The topological polar surface area (TPSA) is 75.7 Å². The fourth-order valence-corrected chi connectivity index (χ4v) is 4.40. The predicted molar refractivity (Wildman–Crippen MR) is 107 cm³/mol. The number of methoxy groups -OCH3 is 1. The Morgan fingerprint density at radius 1 is 1.15 bits per heavy atom. The van der Waals surface area contributed by atoms with Gasteiger partial charge in [0, 0.05) is 23.2 Å². The summed E-state index contributed by atoms with van der Waals surface area (Å²) in [5.74, 6) is -0.477. The maximum absolute atomic E-state index is 13.1. The van der Waals surface area contributed by atoms with Crippen molar-refractivity contribution < 1.29 is 17.9 Å². The van der Waals surface area contributed by atoms with Gasteiger partial charge in [0.15, 0.2) is 0 Å². The van der Waals surface area contributed by atoms with Crippen molar-refractivity contribution >= 4 is 44.8 Å². The van der Waals surface area contributed by atoms with Crippen LogP contribution in [-0.2, 0) is 19.6 Å². The average molecular weight is 431 g/mol. The zero-order valence-corrected chi connectivity index (χ0v) is 17.2. The largest absolute Gasteiger partial charge is 0.383 e. The molecule has 0 bridgehead atoms. The Labute approximate surface area is 169 Å². The third-order valence-corrected chi connectivity index (χ3v) is 5.80. The van der Waals surface area contributed by atoms with Crippen LogP contribution >= 0.6 is 23.2 Å². The number of carbonyl (C=O) groups is 1. The molecule has 146 valence electrons. The van der Waals surface area contributed by atoms with E-state index < -0.39 is 22.5 Å². The summed E-state index contributed by atoms with van der Waals surface area (Å²) in [6.45, 7) is 1.63. The second-order valence-electron chi connectivity index (χ2n) is 5.88. The number of anilines is 1. The lowest BCUT2D eigenvalue weighted by Crippen LogP contribution is -2.44. The highest BCUT2D eigenvalue weighted by Gasteiger charge is 2.28. The van der Waals surface area contributed by atoms with Crippen LogP contribution in [0.5, 0.6) is 0 Å². The second kappa shape index (κ2) is 9.41. The molecule has 1 N–H and O–H groups in total. The summed E-state index contributed by atoms with van der Waals surface area (Å²) in [5, 5.41) is 3.22. The summed E-state index contributed by atoms with van der Waals surface area (Å²) in [6, 6.07) is 11.9. The minimum Gasteiger partial charge on any atom is -0.383 e. The third kappa shape index (κ3) is 5.84. The van der Waals surface area contributed by atoms with Gasteiger partial charge in [0.2, 0.25) is 5.91 Å². The zero-order chi connectivity index (χ0) is 20.0. The highest BCUT2D eigenvalue weighted by atomic mass is 35.5. The lowest BCUT2D eigenvalue weighted by Gasteiger charge is -2.25. The molecule has 0 fully saturated rings. The van der Waals surface area contributed by atoms with Crippen LogP contribution in [0.15, 0.2) is 53.4 Å². The molecule has 1 amide bonds. The molecule has 0 aromatic heterocycles. The maximum Gasteiger partial charge on any atom is 0.264 e. The number of rotatable bonds is 8. The summed E-state index contributed by atoms with van der Waals surface area (Å²) in [5.41, 5.74) is 0.200. The maximum atomic E-state index is 13.1. The van der Waals surface area contributed by atoms with E-state index in [4.69, 9.17) is 27.9 Å². The van der Waals surface area contributed by atoms with Gasteiger partial charge in [0.05, 0.1) is 17.2 Å². The quantitative estimate of drug-likeness (QED) is 0.696. The number of hydrogen-bond acceptors (Lipinski definition) is 4. The fraction of sp³-hybridized carbons (Fsp3) is 0.278. The van der Waals surface area contributed by atoms with E-state index in [1.807, 2.05) is 0 Å². The first-order valence-electron chi connectivity index (χ1n) is 8.06. The summed E-state index contributed by atoms with van der Waals surface area (Å²) in [7, 11) is -2.49. The first-order chi connectivity index (χ1) is 12.7. The van der Waals surface area contributed by atoms with E-state index in [9.17, 15) is 13.2 Å². The second-order valence-corrected chi connectivity index (χ2v) is 8.61. The van der Waals surface area contributed by atoms with E-state index in [0.29, 0.717) is 6.61 Å². The molecule has 0 aliphatic heterocycles. The Balaban J connectivity index is 2.41. The van der Waals surface area contributed by atoms with Crippen LogP contribution in [0.25, 0.3) is 0 Å². The Kier molecular flexibility index (Phi) is 7.49. The van der Waals surface area contributed by atoms with Crippen molar-refractivity contribution in [2.45, 2.75) is 17.9 Å². The van der Waals surface area contributed by atoms with E-state index in [1.165, 1.54) is 37.4 Å². The van der Waals surface area contributed by atoms with Crippen molar-refractivity contribution in [3.63, 3.8) is 0 Å². The van der Waals surface area contributed by atoms with Gasteiger partial charge in [-0.15, -0.1) is 0 Å². The summed E-state index contributed by atoms with van der Waals surface area (Å²) in [6.07, 6.45) is 0. The fourth-order valence-electron chi connectivity index (χ4n) is 2.46. The summed E-state index contributed by atoms with van der Waals surface area (Å²) < 4.78 is 32.2. The van der Waals surface area contributed by atoms with Gasteiger partial charge in [-0.3, -0.25) is 9.10 Å². The van der Waals surface area contributed by atoms with Crippen LogP contribution in [0.3, 0.4) is 0 Å². The number of nitrogens with one attached hydrogen (secondary N) is 1. The molecule has 6 nitrogen and oxygen atoms in total. The van der Waals surface area contributed by atoms with Gasteiger partial charge in [-0.25, -0.2) is 8.42 Å². The molecule has 0 radical (unpaired) electrons. The summed E-state index contributed by atoms with van der Waals surface area (Å²) >= 11 is 12.1. The van der Waals surface area contributed by atoms with Crippen molar-refractivity contribution in [1.82, 2.24) is 5.32 Å². The smallest absolute Gasteiger partial charge is 0.264 e. The van der Waals surface area contributed by atoms with Gasteiger partial charge >= 0.3 is 0 Å². The average Bonchev–Trinajstić information content (AvgIpc) is 2.59. The minimum atomic E-state index is -4.01. The van der Waals surface area contributed by atoms with Crippen LogP contribution in [0, 0.1) is 0 Å². The lowest BCUT2D eigenvalue weighted by molar-refractivity contribution is -0.120. The molecule has 0 aliphatic carbocycles. The van der Waals surface area contributed by atoms with Crippen molar-refractivity contribution in [2.75, 3.05) is 24.6 Å². The van der Waals surface area contributed by atoms with E-state index in [1.54, 1.807) is 25.1 Å². The van der Waals surface area contributed by atoms with E-state index in [0.717, 1.165) is 4.31 Å². The standard InChI is InChI=1S/C18H20Cl2N2O4S/c1-13(12-26-2)21-18(23)11-22(16-9-14(19)8-15(20)10-16)27(24,25)17-6-4-3-5-7-17/h3-10,13H,11-12H2,1-2H3,(H,21,23)/t13-/m0/s1. The number of halogens is 2. The molecule has 0 unspecified atom stereocenters. The van der Waals surface area contributed by atoms with E-state index >= 15 is 0 Å². The van der Waals surface area contributed by atoms with Crippen molar-refractivity contribution in [3.8, 4) is 0 Å². The predicted octanol–water partition coefficient (Wildman–Crippen LogP) is 3.34. The molecule has 1 atom stereocenters. The zero-order valence-electron chi connectivity index (χ0n) is 14.9. The molecule has 2 rings (SSSR count). The van der Waals surface area contributed by atoms with Crippen LogP contribution in [0.2, 0.25) is 10.0 Å². The van der Waals surface area contributed by atoms with Gasteiger partial charge in [-0.1, -0.05) is 41.4 Å². The number of hydrogen-bond donors (Lipinski definition) is 1. The molecule has 0 aliphatic rings. The molecule has 0 saturated heterocycles. The van der Waals surface area contributed by atoms with Crippen molar-refractivity contribution in [2.24, 2.45) is 0 Å². The molecule has 9 heteroatoms. The highest BCUT2D eigenvalue weighted by Crippen LogP contribution is 2.29. The number of benzene rings is 2. The summed E-state index contributed by atoms with van der Waals surface area (Å²) in [4.78, 5) is 12.5. The number of carbonyl (C=O) groups excluding carboxylic acids is 1. The lowest BCUT2D eigenvalue weighted by atomic mass is 10.3. The normalized spacial score (nSPS) is 12.4.